The summed E-state index contributed by atoms with van der Waals surface area (Å²) in [7, 11) is 3.16. The number of carbonyl (C=O) groups is 2. The fourth-order valence-corrected chi connectivity index (χ4v) is 2.82. The lowest BCUT2D eigenvalue weighted by Crippen LogP contribution is -2.60. The molecule has 0 fully saturated rings. The highest BCUT2D eigenvalue weighted by molar-refractivity contribution is 6.44. The van der Waals surface area contributed by atoms with Crippen molar-refractivity contribution < 1.29 is 9.59 Å². The summed E-state index contributed by atoms with van der Waals surface area (Å²) in [4.78, 5) is 33.8. The van der Waals surface area contributed by atoms with Crippen LogP contribution in [-0.2, 0) is 0 Å². The molecule has 2 aliphatic rings. The lowest BCUT2D eigenvalue weighted by atomic mass is 10.2. The summed E-state index contributed by atoms with van der Waals surface area (Å²) in [5.74, 6) is 0.228. The van der Waals surface area contributed by atoms with E-state index in [4.69, 9.17) is 23.2 Å². The Morgan fingerprint density at radius 3 is 2.35 bits per heavy atom. The summed E-state index contributed by atoms with van der Waals surface area (Å²) in [6.45, 7) is 3.58. The molecule has 122 valence electrons. The molecule has 0 aromatic heterocycles. The number of aliphatic imine (C=N–C) groups is 1. The number of anilines is 2. The van der Waals surface area contributed by atoms with Gasteiger partial charge < -0.3 is 10.2 Å². The number of amides is 4. The van der Waals surface area contributed by atoms with Gasteiger partial charge in [-0.3, -0.25) is 0 Å². The molecule has 0 radical (unpaired) electrons. The second-order valence-electron chi connectivity index (χ2n) is 5.73. The van der Waals surface area contributed by atoms with Crippen LogP contribution in [0.2, 0.25) is 10.0 Å². The molecule has 3 rings (SSSR count). The van der Waals surface area contributed by atoms with Crippen molar-refractivity contribution in [2.24, 2.45) is 4.99 Å². The molecule has 23 heavy (non-hydrogen) atoms. The number of hydrogen-bond donors (Lipinski definition) is 1. The van der Waals surface area contributed by atoms with E-state index in [2.05, 4.69) is 10.3 Å². The Balaban J connectivity index is 2.29. The van der Waals surface area contributed by atoms with Crippen LogP contribution in [0.3, 0.4) is 0 Å². The second kappa shape index (κ2) is 5.01. The first-order chi connectivity index (χ1) is 10.7. The van der Waals surface area contributed by atoms with Gasteiger partial charge in [-0.25, -0.2) is 24.4 Å². The molecule has 7 nitrogen and oxygen atoms in total. The second-order valence-corrected chi connectivity index (χ2v) is 6.54. The Bertz CT molecular complexity index is 741. The molecule has 0 unspecified atom stereocenters. The number of carbonyl (C=O) groups excluding carboxylic acids is 2. The highest BCUT2D eigenvalue weighted by atomic mass is 35.5. The van der Waals surface area contributed by atoms with E-state index in [1.807, 2.05) is 0 Å². The van der Waals surface area contributed by atoms with Gasteiger partial charge in [-0.05, 0) is 26.0 Å². The van der Waals surface area contributed by atoms with Crippen molar-refractivity contribution in [3.63, 3.8) is 0 Å². The number of hydrogen-bond acceptors (Lipinski definition) is 3. The third-order valence-corrected chi connectivity index (χ3v) is 4.71. The maximum absolute atomic E-state index is 12.8. The number of halogens is 2. The van der Waals surface area contributed by atoms with E-state index in [9.17, 15) is 9.59 Å². The molecule has 1 N–H and O–H groups in total. The predicted octanol–water partition coefficient (Wildman–Crippen LogP) is 3.12. The molecule has 0 atom stereocenters. The highest BCUT2D eigenvalue weighted by Gasteiger charge is 2.48. The van der Waals surface area contributed by atoms with Gasteiger partial charge in [-0.1, -0.05) is 23.2 Å². The maximum atomic E-state index is 12.8. The molecule has 2 aliphatic heterocycles. The zero-order chi connectivity index (χ0) is 17.1. The van der Waals surface area contributed by atoms with Crippen molar-refractivity contribution in [1.82, 2.24) is 10.2 Å². The van der Waals surface area contributed by atoms with Crippen LogP contribution in [-0.4, -0.2) is 42.7 Å². The number of rotatable bonds is 0. The average Bonchev–Trinajstić information content (AvgIpc) is 2.77. The SMILES string of the molecule is CNC(=O)N1C2=NC(C)(C)N(C)C(=O)N2c2cc(Cl)c(Cl)cc21. The third kappa shape index (κ3) is 2.14. The van der Waals surface area contributed by atoms with Crippen LogP contribution in [0.5, 0.6) is 0 Å². The average molecular weight is 356 g/mol. The van der Waals surface area contributed by atoms with Crippen LogP contribution in [0, 0.1) is 0 Å². The first kappa shape index (κ1) is 15.9. The Labute approximate surface area is 143 Å². The van der Waals surface area contributed by atoms with Crippen molar-refractivity contribution >= 4 is 52.6 Å². The van der Waals surface area contributed by atoms with E-state index in [-0.39, 0.29) is 12.0 Å². The number of fused-ring (bicyclic) bond motifs is 3. The molecule has 0 saturated heterocycles. The summed E-state index contributed by atoms with van der Waals surface area (Å²) >= 11 is 12.2. The number of nitrogens with zero attached hydrogens (tertiary/aromatic N) is 4. The minimum atomic E-state index is -0.787. The molecular formula is C14H15Cl2N5O2. The number of guanidine groups is 1. The van der Waals surface area contributed by atoms with Crippen LogP contribution in [0.4, 0.5) is 21.0 Å². The Morgan fingerprint density at radius 2 is 1.78 bits per heavy atom. The number of urea groups is 2. The summed E-state index contributed by atoms with van der Waals surface area (Å²) < 4.78 is 0. The van der Waals surface area contributed by atoms with E-state index in [1.54, 1.807) is 33.0 Å². The van der Waals surface area contributed by atoms with Crippen LogP contribution in [0.15, 0.2) is 17.1 Å². The number of nitrogens with one attached hydrogen (secondary N) is 1. The van der Waals surface area contributed by atoms with Gasteiger partial charge in [0.25, 0.3) is 0 Å². The summed E-state index contributed by atoms with van der Waals surface area (Å²) in [5, 5.41) is 3.13. The fraction of sp³-hybridized carbons (Fsp3) is 0.357. The normalized spacial score (nSPS) is 18.6. The smallest absolute Gasteiger partial charge is 0.333 e. The zero-order valence-corrected chi connectivity index (χ0v) is 14.5. The van der Waals surface area contributed by atoms with Gasteiger partial charge in [-0.2, -0.15) is 0 Å². The van der Waals surface area contributed by atoms with Gasteiger partial charge >= 0.3 is 12.1 Å². The molecule has 0 saturated carbocycles. The zero-order valence-electron chi connectivity index (χ0n) is 13.0. The molecule has 2 heterocycles. The maximum Gasteiger partial charge on any atom is 0.333 e. The number of benzene rings is 1. The Hall–Kier alpha value is -1.99. The van der Waals surface area contributed by atoms with E-state index in [0.29, 0.717) is 21.4 Å². The van der Waals surface area contributed by atoms with Gasteiger partial charge in [0.15, 0.2) is 0 Å². The fourth-order valence-electron chi connectivity index (χ4n) is 2.50. The van der Waals surface area contributed by atoms with E-state index >= 15 is 0 Å². The topological polar surface area (TPSA) is 68.2 Å². The van der Waals surface area contributed by atoms with Gasteiger partial charge in [0.2, 0.25) is 5.96 Å². The van der Waals surface area contributed by atoms with E-state index in [1.165, 1.54) is 21.7 Å². The minimum Gasteiger partial charge on any atom is -0.340 e. The van der Waals surface area contributed by atoms with Crippen molar-refractivity contribution in [1.29, 1.82) is 0 Å². The summed E-state index contributed by atoms with van der Waals surface area (Å²) in [6.07, 6.45) is 0. The first-order valence-electron chi connectivity index (χ1n) is 6.87. The Kier molecular flexibility index (Phi) is 3.46. The molecule has 9 heteroatoms. The van der Waals surface area contributed by atoms with Gasteiger partial charge in [-0.15, -0.1) is 0 Å². The van der Waals surface area contributed by atoms with Crippen molar-refractivity contribution in [2.75, 3.05) is 23.9 Å². The summed E-state index contributed by atoms with van der Waals surface area (Å²) in [5.41, 5.74) is 0.135. The molecule has 0 bridgehead atoms. The quantitative estimate of drug-likeness (QED) is 0.776. The lowest BCUT2D eigenvalue weighted by Gasteiger charge is -2.40. The molecule has 1 aromatic rings. The molecule has 0 spiro atoms. The van der Waals surface area contributed by atoms with Crippen LogP contribution in [0.1, 0.15) is 13.8 Å². The van der Waals surface area contributed by atoms with Crippen LogP contribution >= 0.6 is 23.2 Å². The van der Waals surface area contributed by atoms with Crippen molar-refractivity contribution in [3.05, 3.63) is 22.2 Å². The molecule has 1 aromatic carbocycles. The minimum absolute atomic E-state index is 0.228. The van der Waals surface area contributed by atoms with Crippen molar-refractivity contribution in [3.8, 4) is 0 Å². The predicted molar refractivity (Wildman–Crippen MR) is 90.5 cm³/mol. The Morgan fingerprint density at radius 1 is 1.22 bits per heavy atom. The largest absolute Gasteiger partial charge is 0.340 e. The molecule has 0 aliphatic carbocycles. The molecular weight excluding hydrogens is 341 g/mol. The van der Waals surface area contributed by atoms with Crippen LogP contribution < -0.4 is 15.1 Å². The van der Waals surface area contributed by atoms with E-state index < -0.39 is 11.7 Å². The van der Waals surface area contributed by atoms with E-state index in [0.717, 1.165) is 0 Å². The lowest BCUT2D eigenvalue weighted by molar-refractivity contribution is 0.164. The van der Waals surface area contributed by atoms with Gasteiger partial charge in [0.1, 0.15) is 5.66 Å². The third-order valence-electron chi connectivity index (χ3n) is 3.99. The highest BCUT2D eigenvalue weighted by Crippen LogP contribution is 2.45. The van der Waals surface area contributed by atoms with Crippen LogP contribution in [0.25, 0.3) is 0 Å². The van der Waals surface area contributed by atoms with Crippen molar-refractivity contribution in [2.45, 2.75) is 19.5 Å². The standard InChI is InChI=1S/C14H15Cl2N5O2/c1-14(2)18-11-20(12(22)17-3)9-5-7(15)8(16)6-10(9)21(11)13(23)19(14)4/h5-6H,1-4H3,(H,17,22). The molecule has 4 amide bonds. The first-order valence-corrected chi connectivity index (χ1v) is 7.63. The monoisotopic (exact) mass is 355 g/mol. The van der Waals surface area contributed by atoms with Gasteiger partial charge in [0.05, 0.1) is 21.4 Å². The summed E-state index contributed by atoms with van der Waals surface area (Å²) in [6, 6.07) is 2.39. The van der Waals surface area contributed by atoms with Gasteiger partial charge in [0, 0.05) is 14.1 Å².